The first-order valence-corrected chi connectivity index (χ1v) is 6.28. The van der Waals surface area contributed by atoms with Crippen LogP contribution >= 0.6 is 0 Å². The maximum Gasteiger partial charge on any atom is 0.123 e. The van der Waals surface area contributed by atoms with Gasteiger partial charge in [-0.2, -0.15) is 0 Å². The summed E-state index contributed by atoms with van der Waals surface area (Å²) in [7, 11) is 0. The Bertz CT molecular complexity index is 337. The molecule has 1 N–H and O–H groups in total. The SMILES string of the molecule is CCCC1(c2cccc(F)c2)CCCCN1. The van der Waals surface area contributed by atoms with Gasteiger partial charge in [-0.05, 0) is 43.5 Å². The number of rotatable bonds is 3. The Labute approximate surface area is 97.1 Å². The average molecular weight is 221 g/mol. The fraction of sp³-hybridized carbons (Fsp3) is 0.571. The van der Waals surface area contributed by atoms with Crippen LogP contribution in [0.3, 0.4) is 0 Å². The molecule has 88 valence electrons. The van der Waals surface area contributed by atoms with Gasteiger partial charge in [0.2, 0.25) is 0 Å². The lowest BCUT2D eigenvalue weighted by Crippen LogP contribution is -2.45. The third kappa shape index (κ3) is 2.27. The monoisotopic (exact) mass is 221 g/mol. The molecular weight excluding hydrogens is 201 g/mol. The summed E-state index contributed by atoms with van der Waals surface area (Å²) in [4.78, 5) is 0. The molecule has 0 radical (unpaired) electrons. The second-order valence-corrected chi connectivity index (χ2v) is 4.73. The van der Waals surface area contributed by atoms with Gasteiger partial charge in [-0.3, -0.25) is 0 Å². The molecule has 0 spiro atoms. The lowest BCUT2D eigenvalue weighted by molar-refractivity contribution is 0.237. The van der Waals surface area contributed by atoms with Gasteiger partial charge in [0, 0.05) is 5.54 Å². The van der Waals surface area contributed by atoms with Crippen LogP contribution in [0.5, 0.6) is 0 Å². The molecule has 2 rings (SSSR count). The van der Waals surface area contributed by atoms with Gasteiger partial charge < -0.3 is 5.32 Å². The molecule has 1 nitrogen and oxygen atoms in total. The predicted octanol–water partition coefficient (Wildman–Crippen LogP) is 3.59. The van der Waals surface area contributed by atoms with Crippen molar-refractivity contribution in [2.24, 2.45) is 0 Å². The summed E-state index contributed by atoms with van der Waals surface area (Å²) in [6.45, 7) is 3.24. The second kappa shape index (κ2) is 4.96. The highest BCUT2D eigenvalue weighted by atomic mass is 19.1. The van der Waals surface area contributed by atoms with Crippen molar-refractivity contribution in [1.82, 2.24) is 5.32 Å². The maximum absolute atomic E-state index is 13.3. The van der Waals surface area contributed by atoms with E-state index in [-0.39, 0.29) is 11.4 Å². The van der Waals surface area contributed by atoms with Crippen LogP contribution in [0.4, 0.5) is 4.39 Å². The number of benzene rings is 1. The van der Waals surface area contributed by atoms with Crippen LogP contribution in [0.2, 0.25) is 0 Å². The molecular formula is C14H20FN. The van der Waals surface area contributed by atoms with E-state index in [0.29, 0.717) is 0 Å². The van der Waals surface area contributed by atoms with E-state index >= 15 is 0 Å². The zero-order valence-corrected chi connectivity index (χ0v) is 9.93. The number of nitrogens with one attached hydrogen (secondary N) is 1. The molecule has 0 aliphatic carbocycles. The van der Waals surface area contributed by atoms with Gasteiger partial charge in [0.1, 0.15) is 5.82 Å². The van der Waals surface area contributed by atoms with Crippen molar-refractivity contribution in [3.05, 3.63) is 35.6 Å². The first-order chi connectivity index (χ1) is 7.77. The highest BCUT2D eigenvalue weighted by Crippen LogP contribution is 2.34. The summed E-state index contributed by atoms with van der Waals surface area (Å²) in [6.07, 6.45) is 5.83. The predicted molar refractivity (Wildman–Crippen MR) is 64.8 cm³/mol. The van der Waals surface area contributed by atoms with Crippen molar-refractivity contribution in [3.63, 3.8) is 0 Å². The van der Waals surface area contributed by atoms with E-state index in [1.807, 2.05) is 6.07 Å². The van der Waals surface area contributed by atoms with Crippen molar-refractivity contribution in [2.45, 2.75) is 44.6 Å². The summed E-state index contributed by atoms with van der Waals surface area (Å²) in [6, 6.07) is 7.08. The number of hydrogen-bond acceptors (Lipinski definition) is 1. The number of piperidine rings is 1. The summed E-state index contributed by atoms with van der Waals surface area (Å²) in [5.41, 5.74) is 1.14. The highest BCUT2D eigenvalue weighted by molar-refractivity contribution is 5.26. The lowest BCUT2D eigenvalue weighted by atomic mass is 9.79. The Balaban J connectivity index is 2.30. The molecule has 1 aromatic carbocycles. The molecule has 1 fully saturated rings. The number of halogens is 1. The van der Waals surface area contributed by atoms with Gasteiger partial charge in [-0.25, -0.2) is 4.39 Å². The zero-order valence-electron chi connectivity index (χ0n) is 9.93. The van der Waals surface area contributed by atoms with Crippen molar-refractivity contribution in [3.8, 4) is 0 Å². The Morgan fingerprint density at radius 3 is 2.88 bits per heavy atom. The van der Waals surface area contributed by atoms with E-state index in [4.69, 9.17) is 0 Å². The largest absolute Gasteiger partial charge is 0.307 e. The summed E-state index contributed by atoms with van der Waals surface area (Å²) < 4.78 is 13.3. The van der Waals surface area contributed by atoms with E-state index in [2.05, 4.69) is 18.3 Å². The third-order valence-corrected chi connectivity index (χ3v) is 3.55. The van der Waals surface area contributed by atoms with Gasteiger partial charge in [0.15, 0.2) is 0 Å². The average Bonchev–Trinajstić information content (AvgIpc) is 2.31. The molecule has 0 bridgehead atoms. The second-order valence-electron chi connectivity index (χ2n) is 4.73. The van der Waals surface area contributed by atoms with Crippen LogP contribution in [-0.2, 0) is 5.54 Å². The van der Waals surface area contributed by atoms with Crippen molar-refractivity contribution < 1.29 is 4.39 Å². The van der Waals surface area contributed by atoms with Crippen LogP contribution in [0.1, 0.15) is 44.6 Å². The van der Waals surface area contributed by atoms with Crippen LogP contribution in [-0.4, -0.2) is 6.54 Å². The molecule has 1 heterocycles. The quantitative estimate of drug-likeness (QED) is 0.822. The first-order valence-electron chi connectivity index (χ1n) is 6.28. The van der Waals surface area contributed by atoms with Gasteiger partial charge in [-0.1, -0.05) is 31.9 Å². The fourth-order valence-corrected chi connectivity index (χ4v) is 2.78. The minimum Gasteiger partial charge on any atom is -0.307 e. The molecule has 1 aliphatic rings. The van der Waals surface area contributed by atoms with Crippen LogP contribution in [0.15, 0.2) is 24.3 Å². The summed E-state index contributed by atoms with van der Waals surface area (Å²) in [5.74, 6) is -0.125. The molecule has 2 heteroatoms. The normalized spacial score (nSPS) is 25.6. The fourth-order valence-electron chi connectivity index (χ4n) is 2.78. The maximum atomic E-state index is 13.3. The van der Waals surface area contributed by atoms with E-state index < -0.39 is 0 Å². The Morgan fingerprint density at radius 1 is 1.38 bits per heavy atom. The smallest absolute Gasteiger partial charge is 0.123 e. The molecule has 0 saturated carbocycles. The highest BCUT2D eigenvalue weighted by Gasteiger charge is 2.32. The van der Waals surface area contributed by atoms with Crippen LogP contribution in [0, 0.1) is 5.82 Å². The van der Waals surface area contributed by atoms with Crippen LogP contribution in [0.25, 0.3) is 0 Å². The molecule has 1 aliphatic heterocycles. The molecule has 1 unspecified atom stereocenters. The van der Waals surface area contributed by atoms with Crippen molar-refractivity contribution in [2.75, 3.05) is 6.54 Å². The van der Waals surface area contributed by atoms with E-state index in [0.717, 1.165) is 31.4 Å². The molecule has 1 saturated heterocycles. The third-order valence-electron chi connectivity index (χ3n) is 3.55. The van der Waals surface area contributed by atoms with Gasteiger partial charge in [-0.15, -0.1) is 0 Å². The first kappa shape index (κ1) is 11.6. The molecule has 1 atom stereocenters. The zero-order chi connectivity index (χ0) is 11.4. The van der Waals surface area contributed by atoms with E-state index in [1.165, 1.54) is 18.9 Å². The molecule has 16 heavy (non-hydrogen) atoms. The Kier molecular flexibility index (Phi) is 3.59. The number of hydrogen-bond donors (Lipinski definition) is 1. The van der Waals surface area contributed by atoms with E-state index in [1.54, 1.807) is 6.07 Å². The molecule has 1 aromatic rings. The topological polar surface area (TPSA) is 12.0 Å². The van der Waals surface area contributed by atoms with E-state index in [9.17, 15) is 4.39 Å². The summed E-state index contributed by atoms with van der Waals surface area (Å²) >= 11 is 0. The minimum absolute atomic E-state index is 0.0229. The standard InChI is InChI=1S/C14H20FN/c1-2-8-14(9-3-4-10-16-14)12-6-5-7-13(15)11-12/h5-7,11,16H,2-4,8-10H2,1H3. The van der Waals surface area contributed by atoms with Gasteiger partial charge in [0.05, 0.1) is 0 Å². The van der Waals surface area contributed by atoms with Crippen LogP contribution < -0.4 is 5.32 Å². The molecule has 0 aromatic heterocycles. The van der Waals surface area contributed by atoms with Gasteiger partial charge in [0.25, 0.3) is 0 Å². The lowest BCUT2D eigenvalue weighted by Gasteiger charge is -2.39. The molecule has 0 amide bonds. The minimum atomic E-state index is -0.125. The summed E-state index contributed by atoms with van der Waals surface area (Å²) in [5, 5.41) is 3.61. The Morgan fingerprint density at radius 2 is 2.25 bits per heavy atom. The Hall–Kier alpha value is -0.890. The van der Waals surface area contributed by atoms with Gasteiger partial charge >= 0.3 is 0 Å². The van der Waals surface area contributed by atoms with Crippen molar-refractivity contribution >= 4 is 0 Å². The van der Waals surface area contributed by atoms with Crippen molar-refractivity contribution in [1.29, 1.82) is 0 Å².